The van der Waals surface area contributed by atoms with Crippen LogP contribution in [-0.4, -0.2) is 13.1 Å². The van der Waals surface area contributed by atoms with Crippen LogP contribution in [0.3, 0.4) is 0 Å². The van der Waals surface area contributed by atoms with Gasteiger partial charge in [-0.25, -0.2) is 0 Å². The van der Waals surface area contributed by atoms with Gasteiger partial charge >= 0.3 is 0 Å². The Bertz CT molecular complexity index is 132. The quantitative estimate of drug-likeness (QED) is 0.641. The van der Waals surface area contributed by atoms with E-state index < -0.39 is 0 Å². The Kier molecular flexibility index (Phi) is 1.92. The minimum Gasteiger partial charge on any atom is -0.316 e. The fourth-order valence-corrected chi connectivity index (χ4v) is 2.21. The topological polar surface area (TPSA) is 12.0 Å². The molecule has 0 amide bonds. The third-order valence-corrected chi connectivity index (χ3v) is 3.28. The van der Waals surface area contributed by atoms with Crippen molar-refractivity contribution in [3.63, 3.8) is 0 Å². The molecule has 2 rings (SSSR count). The first-order chi connectivity index (χ1) is 5.29. The second-order valence-electron chi connectivity index (χ2n) is 4.73. The highest BCUT2D eigenvalue weighted by atomic mass is 14.9. The third kappa shape index (κ3) is 1.96. The number of hydrogen-bond donors (Lipinski definition) is 1. The van der Waals surface area contributed by atoms with Crippen LogP contribution >= 0.6 is 0 Å². The minimum absolute atomic E-state index is 0.768. The second kappa shape index (κ2) is 2.78. The van der Waals surface area contributed by atoms with E-state index in [1.807, 2.05) is 0 Å². The first-order valence-corrected chi connectivity index (χ1v) is 4.99. The lowest BCUT2D eigenvalue weighted by Gasteiger charge is -2.25. The van der Waals surface area contributed by atoms with E-state index in [0.29, 0.717) is 0 Å². The Morgan fingerprint density at radius 1 is 1.45 bits per heavy atom. The molecule has 64 valence electrons. The Hall–Kier alpha value is -0.0400. The lowest BCUT2D eigenvalue weighted by Crippen LogP contribution is -2.30. The summed E-state index contributed by atoms with van der Waals surface area (Å²) < 4.78 is 0. The van der Waals surface area contributed by atoms with Crippen LogP contribution in [0.5, 0.6) is 0 Å². The molecule has 0 bridgehead atoms. The molecule has 1 atom stereocenters. The van der Waals surface area contributed by atoms with E-state index in [9.17, 15) is 0 Å². The summed E-state index contributed by atoms with van der Waals surface area (Å²) in [5.74, 6) is 0.997. The molecule has 1 aliphatic heterocycles. The summed E-state index contributed by atoms with van der Waals surface area (Å²) in [6.45, 7) is 4.99. The van der Waals surface area contributed by atoms with Gasteiger partial charge < -0.3 is 5.32 Å². The van der Waals surface area contributed by atoms with Gasteiger partial charge in [0.25, 0.3) is 0 Å². The summed E-state index contributed by atoms with van der Waals surface area (Å²) in [7, 11) is 0. The smallest absolute Gasteiger partial charge is 0.00203 e. The predicted octanol–water partition coefficient (Wildman–Crippen LogP) is 2.18. The highest BCUT2D eigenvalue weighted by Crippen LogP contribution is 2.50. The number of piperidine rings is 1. The van der Waals surface area contributed by atoms with E-state index in [1.54, 1.807) is 0 Å². The molecule has 1 N–H and O–H groups in total. The molecule has 0 radical (unpaired) electrons. The summed E-state index contributed by atoms with van der Waals surface area (Å²) in [6.07, 6.45) is 7.34. The summed E-state index contributed by atoms with van der Waals surface area (Å²) in [6, 6.07) is 0. The fraction of sp³-hybridized carbons (Fsp3) is 1.00. The van der Waals surface area contributed by atoms with E-state index in [0.717, 1.165) is 11.3 Å². The molecular formula is C10H19N. The average molecular weight is 153 g/mol. The summed E-state index contributed by atoms with van der Waals surface area (Å²) in [4.78, 5) is 0. The molecule has 2 fully saturated rings. The number of hydrogen-bond acceptors (Lipinski definition) is 1. The van der Waals surface area contributed by atoms with Crippen LogP contribution in [0.4, 0.5) is 0 Å². The maximum atomic E-state index is 3.49. The molecule has 1 heterocycles. The maximum Gasteiger partial charge on any atom is -0.00203 e. The molecule has 0 spiro atoms. The van der Waals surface area contributed by atoms with Crippen LogP contribution in [-0.2, 0) is 0 Å². The Morgan fingerprint density at radius 2 is 2.27 bits per heavy atom. The molecule has 1 saturated heterocycles. The summed E-state index contributed by atoms with van der Waals surface area (Å²) in [5, 5.41) is 3.49. The lowest BCUT2D eigenvalue weighted by molar-refractivity contribution is 0.302. The predicted molar refractivity (Wildman–Crippen MR) is 47.6 cm³/mol. The van der Waals surface area contributed by atoms with E-state index >= 15 is 0 Å². The molecule has 1 nitrogen and oxygen atoms in total. The van der Waals surface area contributed by atoms with Crippen LogP contribution in [0.25, 0.3) is 0 Å². The van der Waals surface area contributed by atoms with Crippen LogP contribution < -0.4 is 5.32 Å². The van der Waals surface area contributed by atoms with Crippen LogP contribution in [0, 0.1) is 11.3 Å². The Morgan fingerprint density at radius 3 is 2.82 bits per heavy atom. The zero-order valence-corrected chi connectivity index (χ0v) is 7.53. The zero-order chi connectivity index (χ0) is 7.73. The highest BCUT2D eigenvalue weighted by molar-refractivity contribution is 4.91. The first-order valence-electron chi connectivity index (χ1n) is 4.99. The average Bonchev–Trinajstić information content (AvgIpc) is 2.70. The lowest BCUT2D eigenvalue weighted by atomic mass is 9.88. The number of rotatable bonds is 2. The van der Waals surface area contributed by atoms with Crippen molar-refractivity contribution in [3.8, 4) is 0 Å². The standard InChI is InChI=1S/C10H19N/c1-10(4-5-10)7-9-3-2-6-11-8-9/h9,11H,2-8H2,1H3. The molecule has 1 aliphatic carbocycles. The summed E-state index contributed by atoms with van der Waals surface area (Å²) in [5.41, 5.74) is 0.768. The molecule has 11 heavy (non-hydrogen) atoms. The molecular weight excluding hydrogens is 134 g/mol. The normalized spacial score (nSPS) is 35.2. The van der Waals surface area contributed by atoms with Gasteiger partial charge in [0, 0.05) is 0 Å². The van der Waals surface area contributed by atoms with Crippen LogP contribution in [0.2, 0.25) is 0 Å². The van der Waals surface area contributed by atoms with Crippen molar-refractivity contribution in [1.82, 2.24) is 5.32 Å². The molecule has 1 heteroatoms. The van der Waals surface area contributed by atoms with Gasteiger partial charge in [0.05, 0.1) is 0 Å². The van der Waals surface area contributed by atoms with Gasteiger partial charge in [-0.05, 0) is 56.5 Å². The van der Waals surface area contributed by atoms with Crippen LogP contribution in [0.1, 0.15) is 39.0 Å². The second-order valence-corrected chi connectivity index (χ2v) is 4.73. The van der Waals surface area contributed by atoms with Gasteiger partial charge in [-0.1, -0.05) is 6.92 Å². The molecule has 1 unspecified atom stereocenters. The minimum atomic E-state index is 0.768. The maximum absolute atomic E-state index is 3.49. The van der Waals surface area contributed by atoms with E-state index in [-0.39, 0.29) is 0 Å². The van der Waals surface area contributed by atoms with Crippen LogP contribution in [0.15, 0.2) is 0 Å². The van der Waals surface area contributed by atoms with Gasteiger partial charge in [0.1, 0.15) is 0 Å². The summed E-state index contributed by atoms with van der Waals surface area (Å²) >= 11 is 0. The van der Waals surface area contributed by atoms with Gasteiger partial charge in [-0.15, -0.1) is 0 Å². The SMILES string of the molecule is CC1(CC2CCCNC2)CC1. The van der Waals surface area contributed by atoms with Gasteiger partial charge in [0.2, 0.25) is 0 Å². The monoisotopic (exact) mass is 153 g/mol. The number of nitrogens with one attached hydrogen (secondary N) is 1. The van der Waals surface area contributed by atoms with Gasteiger partial charge in [-0.3, -0.25) is 0 Å². The largest absolute Gasteiger partial charge is 0.316 e. The first kappa shape index (κ1) is 7.60. The van der Waals surface area contributed by atoms with Crippen molar-refractivity contribution >= 4 is 0 Å². The molecule has 0 aromatic carbocycles. The molecule has 0 aromatic heterocycles. The van der Waals surface area contributed by atoms with Crippen molar-refractivity contribution in [2.45, 2.75) is 39.0 Å². The van der Waals surface area contributed by atoms with Gasteiger partial charge in [-0.2, -0.15) is 0 Å². The molecule has 2 aliphatic rings. The molecule has 1 saturated carbocycles. The van der Waals surface area contributed by atoms with E-state index in [4.69, 9.17) is 0 Å². The zero-order valence-electron chi connectivity index (χ0n) is 7.53. The van der Waals surface area contributed by atoms with Crippen molar-refractivity contribution in [2.24, 2.45) is 11.3 Å². The highest BCUT2D eigenvalue weighted by Gasteiger charge is 2.38. The van der Waals surface area contributed by atoms with Gasteiger partial charge in [0.15, 0.2) is 0 Å². The van der Waals surface area contributed by atoms with Crippen molar-refractivity contribution in [1.29, 1.82) is 0 Å². The molecule has 0 aromatic rings. The van der Waals surface area contributed by atoms with Crippen molar-refractivity contribution in [2.75, 3.05) is 13.1 Å². The van der Waals surface area contributed by atoms with E-state index in [1.165, 1.54) is 45.2 Å². The Labute approximate surface area is 69.6 Å². The fourth-order valence-electron chi connectivity index (χ4n) is 2.21. The van der Waals surface area contributed by atoms with E-state index in [2.05, 4.69) is 12.2 Å². The Balaban J connectivity index is 1.76. The third-order valence-electron chi connectivity index (χ3n) is 3.28. The van der Waals surface area contributed by atoms with Crippen molar-refractivity contribution in [3.05, 3.63) is 0 Å². The van der Waals surface area contributed by atoms with Crippen molar-refractivity contribution < 1.29 is 0 Å².